The molecule has 0 amide bonds. The molecule has 0 aliphatic heterocycles. The van der Waals surface area contributed by atoms with Crippen molar-refractivity contribution in [3.05, 3.63) is 23.8 Å². The molecule has 2 rings (SSSR count). The number of benzene rings is 1. The SMILES string of the molecule is COc1ccc(C(=O)C2(N)CCC2)c(OC)c1. The quantitative estimate of drug-likeness (QED) is 0.808. The maximum Gasteiger partial charge on any atom is 0.186 e. The highest BCUT2D eigenvalue weighted by atomic mass is 16.5. The van der Waals surface area contributed by atoms with Crippen LogP contribution in [0.2, 0.25) is 0 Å². The summed E-state index contributed by atoms with van der Waals surface area (Å²) < 4.78 is 10.3. The lowest BCUT2D eigenvalue weighted by atomic mass is 9.72. The van der Waals surface area contributed by atoms with Gasteiger partial charge in [0.2, 0.25) is 0 Å². The number of ether oxygens (including phenoxy) is 2. The van der Waals surface area contributed by atoms with Crippen LogP contribution in [0.4, 0.5) is 0 Å². The van der Waals surface area contributed by atoms with E-state index in [4.69, 9.17) is 15.2 Å². The van der Waals surface area contributed by atoms with Crippen LogP contribution < -0.4 is 15.2 Å². The highest BCUT2D eigenvalue weighted by molar-refractivity contribution is 6.05. The fourth-order valence-corrected chi connectivity index (χ4v) is 2.04. The Morgan fingerprint density at radius 1 is 1.29 bits per heavy atom. The van der Waals surface area contributed by atoms with E-state index in [1.54, 1.807) is 25.3 Å². The van der Waals surface area contributed by atoms with Crippen LogP contribution in [0.25, 0.3) is 0 Å². The smallest absolute Gasteiger partial charge is 0.186 e. The van der Waals surface area contributed by atoms with Crippen molar-refractivity contribution in [1.29, 1.82) is 0 Å². The second-order valence-corrected chi connectivity index (χ2v) is 4.41. The average molecular weight is 235 g/mol. The number of hydrogen-bond donors (Lipinski definition) is 1. The highest BCUT2D eigenvalue weighted by Crippen LogP contribution is 2.35. The molecule has 17 heavy (non-hydrogen) atoms. The third kappa shape index (κ3) is 2.00. The number of rotatable bonds is 4. The Hall–Kier alpha value is -1.55. The van der Waals surface area contributed by atoms with Gasteiger partial charge in [0, 0.05) is 6.07 Å². The number of ketones is 1. The predicted molar refractivity (Wildman–Crippen MR) is 64.6 cm³/mol. The molecule has 0 radical (unpaired) electrons. The number of carbonyl (C=O) groups excluding carboxylic acids is 1. The second-order valence-electron chi connectivity index (χ2n) is 4.41. The average Bonchev–Trinajstić information content (AvgIpc) is 2.34. The molecule has 1 saturated carbocycles. The zero-order chi connectivity index (χ0) is 12.5. The van der Waals surface area contributed by atoms with Crippen molar-refractivity contribution in [3.63, 3.8) is 0 Å². The molecule has 92 valence electrons. The summed E-state index contributed by atoms with van der Waals surface area (Å²) in [7, 11) is 3.11. The van der Waals surface area contributed by atoms with Crippen LogP contribution in [0, 0.1) is 0 Å². The Bertz CT molecular complexity index is 438. The summed E-state index contributed by atoms with van der Waals surface area (Å²) in [6.07, 6.45) is 2.52. The minimum absolute atomic E-state index is 0.0387. The Labute approximate surface area is 101 Å². The van der Waals surface area contributed by atoms with E-state index in [-0.39, 0.29) is 5.78 Å². The number of Topliss-reactive ketones (excluding diaryl/α,β-unsaturated/α-hetero) is 1. The summed E-state index contributed by atoms with van der Waals surface area (Å²) in [4.78, 5) is 12.3. The second kappa shape index (κ2) is 4.37. The molecule has 0 atom stereocenters. The zero-order valence-corrected chi connectivity index (χ0v) is 10.2. The van der Waals surface area contributed by atoms with Crippen molar-refractivity contribution in [2.24, 2.45) is 5.73 Å². The molecule has 4 heteroatoms. The van der Waals surface area contributed by atoms with E-state index in [0.717, 1.165) is 19.3 Å². The van der Waals surface area contributed by atoms with Crippen LogP contribution in [0.5, 0.6) is 11.5 Å². The molecule has 4 nitrogen and oxygen atoms in total. The normalized spacial score (nSPS) is 17.1. The Morgan fingerprint density at radius 3 is 2.47 bits per heavy atom. The maximum atomic E-state index is 12.3. The highest BCUT2D eigenvalue weighted by Gasteiger charge is 2.41. The van der Waals surface area contributed by atoms with Gasteiger partial charge in [0.15, 0.2) is 5.78 Å². The molecule has 1 aromatic rings. The van der Waals surface area contributed by atoms with Crippen LogP contribution in [-0.4, -0.2) is 25.5 Å². The first-order valence-electron chi connectivity index (χ1n) is 5.66. The molecule has 1 aliphatic carbocycles. The largest absolute Gasteiger partial charge is 0.497 e. The number of hydrogen-bond acceptors (Lipinski definition) is 4. The lowest BCUT2D eigenvalue weighted by molar-refractivity contribution is 0.0797. The summed E-state index contributed by atoms with van der Waals surface area (Å²) in [5, 5.41) is 0. The van der Waals surface area contributed by atoms with Crippen molar-refractivity contribution in [1.82, 2.24) is 0 Å². The Kier molecular flexibility index (Phi) is 3.07. The van der Waals surface area contributed by atoms with Crippen LogP contribution in [0.15, 0.2) is 18.2 Å². The van der Waals surface area contributed by atoms with E-state index in [2.05, 4.69) is 0 Å². The van der Waals surface area contributed by atoms with E-state index in [1.165, 1.54) is 7.11 Å². The molecule has 0 bridgehead atoms. The van der Waals surface area contributed by atoms with Crippen LogP contribution >= 0.6 is 0 Å². The van der Waals surface area contributed by atoms with Gasteiger partial charge in [-0.1, -0.05) is 0 Å². The Morgan fingerprint density at radius 2 is 2.00 bits per heavy atom. The zero-order valence-electron chi connectivity index (χ0n) is 10.2. The first kappa shape index (κ1) is 11.9. The van der Waals surface area contributed by atoms with E-state index in [1.807, 2.05) is 0 Å². The number of carbonyl (C=O) groups is 1. The van der Waals surface area contributed by atoms with Gasteiger partial charge >= 0.3 is 0 Å². The van der Waals surface area contributed by atoms with E-state index < -0.39 is 5.54 Å². The van der Waals surface area contributed by atoms with Gasteiger partial charge in [0.25, 0.3) is 0 Å². The molecule has 1 aromatic carbocycles. The Balaban J connectivity index is 2.34. The molecule has 2 N–H and O–H groups in total. The third-order valence-corrected chi connectivity index (χ3v) is 3.35. The third-order valence-electron chi connectivity index (χ3n) is 3.35. The molecule has 1 fully saturated rings. The minimum Gasteiger partial charge on any atom is -0.497 e. The molecular weight excluding hydrogens is 218 g/mol. The summed E-state index contributed by atoms with van der Waals surface area (Å²) in [5.74, 6) is 1.15. The van der Waals surface area contributed by atoms with Crippen molar-refractivity contribution < 1.29 is 14.3 Å². The molecule has 1 aliphatic rings. The molecule has 0 saturated heterocycles. The minimum atomic E-state index is -0.693. The molecule has 0 unspecified atom stereocenters. The van der Waals surface area contributed by atoms with E-state index in [0.29, 0.717) is 17.1 Å². The standard InChI is InChI=1S/C13H17NO3/c1-16-9-4-5-10(11(8-9)17-2)12(15)13(14)6-3-7-13/h4-5,8H,3,6-7,14H2,1-2H3. The van der Waals surface area contributed by atoms with Gasteiger partial charge in [-0.3, -0.25) is 4.79 Å². The molecule has 0 heterocycles. The van der Waals surface area contributed by atoms with Gasteiger partial charge < -0.3 is 15.2 Å². The number of nitrogens with two attached hydrogens (primary N) is 1. The van der Waals surface area contributed by atoms with Gasteiger partial charge in [-0.25, -0.2) is 0 Å². The fourth-order valence-electron chi connectivity index (χ4n) is 2.04. The molecule has 0 aromatic heterocycles. The lowest BCUT2D eigenvalue weighted by Crippen LogP contribution is -2.53. The maximum absolute atomic E-state index is 12.3. The topological polar surface area (TPSA) is 61.5 Å². The predicted octanol–water partition coefficient (Wildman–Crippen LogP) is 1.77. The molecular formula is C13H17NO3. The van der Waals surface area contributed by atoms with E-state index >= 15 is 0 Å². The first-order chi connectivity index (χ1) is 8.10. The summed E-state index contributed by atoms with van der Waals surface area (Å²) >= 11 is 0. The van der Waals surface area contributed by atoms with Gasteiger partial charge in [-0.05, 0) is 31.4 Å². The van der Waals surface area contributed by atoms with Crippen molar-refractivity contribution in [2.75, 3.05) is 14.2 Å². The monoisotopic (exact) mass is 235 g/mol. The van der Waals surface area contributed by atoms with Gasteiger partial charge in [0.05, 0.1) is 25.3 Å². The van der Waals surface area contributed by atoms with Gasteiger partial charge in [0.1, 0.15) is 11.5 Å². The number of methoxy groups -OCH3 is 2. The first-order valence-corrected chi connectivity index (χ1v) is 5.66. The van der Waals surface area contributed by atoms with Crippen LogP contribution in [0.1, 0.15) is 29.6 Å². The summed E-state index contributed by atoms with van der Waals surface area (Å²) in [6, 6.07) is 5.17. The summed E-state index contributed by atoms with van der Waals surface area (Å²) in [5.41, 5.74) is 5.88. The lowest BCUT2D eigenvalue weighted by Gasteiger charge is -2.36. The van der Waals surface area contributed by atoms with Gasteiger partial charge in [-0.15, -0.1) is 0 Å². The van der Waals surface area contributed by atoms with Gasteiger partial charge in [-0.2, -0.15) is 0 Å². The molecule has 0 spiro atoms. The van der Waals surface area contributed by atoms with E-state index in [9.17, 15) is 4.79 Å². The fraction of sp³-hybridized carbons (Fsp3) is 0.462. The van der Waals surface area contributed by atoms with Crippen LogP contribution in [0.3, 0.4) is 0 Å². The van der Waals surface area contributed by atoms with Crippen molar-refractivity contribution in [3.8, 4) is 11.5 Å². The van der Waals surface area contributed by atoms with Crippen molar-refractivity contribution in [2.45, 2.75) is 24.8 Å². The van der Waals surface area contributed by atoms with Crippen molar-refractivity contribution >= 4 is 5.78 Å². The van der Waals surface area contributed by atoms with Crippen LogP contribution in [-0.2, 0) is 0 Å². The summed E-state index contributed by atoms with van der Waals surface area (Å²) in [6.45, 7) is 0.